The molecule has 1 heterocycles. The summed E-state index contributed by atoms with van der Waals surface area (Å²) in [6.45, 7) is 8.57. The van der Waals surface area contributed by atoms with E-state index >= 15 is 0 Å². The van der Waals surface area contributed by atoms with Crippen LogP contribution in [0.15, 0.2) is 24.4 Å². The number of benzene rings is 1. The van der Waals surface area contributed by atoms with Gasteiger partial charge in [-0.3, -0.25) is 0 Å². The van der Waals surface area contributed by atoms with E-state index in [9.17, 15) is 4.39 Å². The van der Waals surface area contributed by atoms with E-state index in [1.807, 2.05) is 6.07 Å². The summed E-state index contributed by atoms with van der Waals surface area (Å²) in [6, 6.07) is 5.03. The zero-order chi connectivity index (χ0) is 14.9. The molecule has 2 rings (SSSR count). The van der Waals surface area contributed by atoms with E-state index in [1.165, 1.54) is 10.7 Å². The van der Waals surface area contributed by atoms with Crippen molar-refractivity contribution in [1.29, 1.82) is 0 Å². The van der Waals surface area contributed by atoms with E-state index in [2.05, 4.69) is 31.2 Å². The minimum absolute atomic E-state index is 0.0404. The SMILES string of the molecule is Cc1nn(-c2c(F)cccc2CNC(C)(C)C)cc1Cl. The Balaban J connectivity index is 2.41. The lowest BCUT2D eigenvalue weighted by molar-refractivity contribution is 0.423. The number of aryl methyl sites for hydroxylation is 1. The molecule has 0 aliphatic carbocycles. The van der Waals surface area contributed by atoms with Crippen LogP contribution in [0.5, 0.6) is 0 Å². The molecule has 0 aliphatic heterocycles. The minimum Gasteiger partial charge on any atom is -0.308 e. The maximum absolute atomic E-state index is 14.2. The van der Waals surface area contributed by atoms with Gasteiger partial charge in [-0.15, -0.1) is 0 Å². The molecule has 5 heteroatoms. The Kier molecular flexibility index (Phi) is 4.16. The lowest BCUT2D eigenvalue weighted by atomic mass is 10.1. The Hall–Kier alpha value is -1.39. The van der Waals surface area contributed by atoms with Gasteiger partial charge in [0.05, 0.1) is 10.7 Å². The molecule has 0 radical (unpaired) electrons. The largest absolute Gasteiger partial charge is 0.308 e. The summed E-state index contributed by atoms with van der Waals surface area (Å²) in [5, 5.41) is 8.15. The predicted octanol–water partition coefficient (Wildman–Crippen LogP) is 3.86. The maximum Gasteiger partial charge on any atom is 0.149 e. The van der Waals surface area contributed by atoms with Gasteiger partial charge in [0.15, 0.2) is 0 Å². The topological polar surface area (TPSA) is 29.9 Å². The summed E-state index contributed by atoms with van der Waals surface area (Å²) in [5.74, 6) is -0.308. The van der Waals surface area contributed by atoms with Crippen LogP contribution in [0, 0.1) is 12.7 Å². The van der Waals surface area contributed by atoms with Crippen LogP contribution < -0.4 is 5.32 Å². The first kappa shape index (κ1) is 15.0. The molecule has 0 aliphatic rings. The number of hydrogen-bond acceptors (Lipinski definition) is 2. The number of rotatable bonds is 3. The van der Waals surface area contributed by atoms with Crippen molar-refractivity contribution in [1.82, 2.24) is 15.1 Å². The Morgan fingerprint density at radius 3 is 2.60 bits per heavy atom. The summed E-state index contributed by atoms with van der Waals surface area (Å²) in [4.78, 5) is 0. The third kappa shape index (κ3) is 3.38. The van der Waals surface area contributed by atoms with Crippen molar-refractivity contribution in [2.75, 3.05) is 0 Å². The molecule has 0 spiro atoms. The van der Waals surface area contributed by atoms with Gasteiger partial charge < -0.3 is 5.32 Å². The molecule has 0 unspecified atom stereocenters. The van der Waals surface area contributed by atoms with Gasteiger partial charge in [-0.25, -0.2) is 9.07 Å². The molecule has 1 N–H and O–H groups in total. The molecule has 20 heavy (non-hydrogen) atoms. The average Bonchev–Trinajstić information content (AvgIpc) is 2.65. The maximum atomic E-state index is 14.2. The normalized spacial score (nSPS) is 11.9. The monoisotopic (exact) mass is 295 g/mol. The Morgan fingerprint density at radius 1 is 1.35 bits per heavy atom. The van der Waals surface area contributed by atoms with Crippen LogP contribution in [0.2, 0.25) is 5.02 Å². The van der Waals surface area contributed by atoms with Gasteiger partial charge in [0, 0.05) is 18.3 Å². The molecule has 0 bridgehead atoms. The van der Waals surface area contributed by atoms with Crippen LogP contribution in [0.4, 0.5) is 4.39 Å². The minimum atomic E-state index is -0.308. The first-order valence-electron chi connectivity index (χ1n) is 6.52. The highest BCUT2D eigenvalue weighted by Crippen LogP contribution is 2.22. The lowest BCUT2D eigenvalue weighted by Crippen LogP contribution is -2.35. The Morgan fingerprint density at radius 2 is 2.05 bits per heavy atom. The Labute approximate surface area is 123 Å². The quantitative estimate of drug-likeness (QED) is 0.932. The van der Waals surface area contributed by atoms with Gasteiger partial charge in [0.2, 0.25) is 0 Å². The van der Waals surface area contributed by atoms with Crippen LogP contribution in [-0.2, 0) is 6.54 Å². The van der Waals surface area contributed by atoms with E-state index in [4.69, 9.17) is 11.6 Å². The second-order valence-corrected chi connectivity index (χ2v) is 6.27. The van der Waals surface area contributed by atoms with Crippen LogP contribution in [0.1, 0.15) is 32.0 Å². The smallest absolute Gasteiger partial charge is 0.149 e. The number of nitrogens with zero attached hydrogens (tertiary/aromatic N) is 2. The standard InChI is InChI=1S/C15H19ClFN3/c1-10-12(16)9-20(19-10)14-11(6-5-7-13(14)17)8-18-15(2,3)4/h5-7,9,18H,8H2,1-4H3. The van der Waals surface area contributed by atoms with E-state index < -0.39 is 0 Å². The summed E-state index contributed by atoms with van der Waals surface area (Å²) in [5.41, 5.74) is 1.93. The van der Waals surface area contributed by atoms with Crippen LogP contribution in [0.3, 0.4) is 0 Å². The van der Waals surface area contributed by atoms with Crippen molar-refractivity contribution < 1.29 is 4.39 Å². The number of nitrogens with one attached hydrogen (secondary N) is 1. The zero-order valence-corrected chi connectivity index (χ0v) is 12.9. The summed E-state index contributed by atoms with van der Waals surface area (Å²) >= 11 is 6.01. The van der Waals surface area contributed by atoms with E-state index in [0.717, 1.165) is 5.56 Å². The molecular formula is C15H19ClFN3. The third-order valence-electron chi connectivity index (χ3n) is 2.95. The highest BCUT2D eigenvalue weighted by Gasteiger charge is 2.15. The molecule has 0 fully saturated rings. The third-order valence-corrected chi connectivity index (χ3v) is 3.32. The molecule has 0 amide bonds. The van der Waals surface area contributed by atoms with Crippen molar-refractivity contribution in [2.24, 2.45) is 0 Å². The second kappa shape index (κ2) is 5.54. The lowest BCUT2D eigenvalue weighted by Gasteiger charge is -2.21. The van der Waals surface area contributed by atoms with E-state index in [1.54, 1.807) is 19.2 Å². The first-order chi connectivity index (χ1) is 9.28. The van der Waals surface area contributed by atoms with Gasteiger partial charge >= 0.3 is 0 Å². The van der Waals surface area contributed by atoms with Gasteiger partial charge in [0.1, 0.15) is 11.5 Å². The number of aromatic nitrogens is 2. The molecular weight excluding hydrogens is 277 g/mol. The fraction of sp³-hybridized carbons (Fsp3) is 0.400. The summed E-state index contributed by atoms with van der Waals surface area (Å²) < 4.78 is 15.7. The van der Waals surface area contributed by atoms with Gasteiger partial charge in [0.25, 0.3) is 0 Å². The average molecular weight is 296 g/mol. The number of para-hydroxylation sites is 1. The van der Waals surface area contributed by atoms with Crippen LogP contribution in [0.25, 0.3) is 5.69 Å². The van der Waals surface area contributed by atoms with Crippen molar-refractivity contribution in [2.45, 2.75) is 39.8 Å². The fourth-order valence-corrected chi connectivity index (χ4v) is 2.00. The first-order valence-corrected chi connectivity index (χ1v) is 6.90. The van der Waals surface area contributed by atoms with Crippen molar-refractivity contribution in [3.63, 3.8) is 0 Å². The molecule has 1 aromatic heterocycles. The van der Waals surface area contributed by atoms with Crippen LogP contribution >= 0.6 is 11.6 Å². The number of hydrogen-bond donors (Lipinski definition) is 1. The summed E-state index contributed by atoms with van der Waals surface area (Å²) in [6.07, 6.45) is 1.63. The van der Waals surface area contributed by atoms with Gasteiger partial charge in [-0.2, -0.15) is 5.10 Å². The Bertz CT molecular complexity index is 595. The fourth-order valence-electron chi connectivity index (χ4n) is 1.87. The highest BCUT2D eigenvalue weighted by atomic mass is 35.5. The van der Waals surface area contributed by atoms with Crippen LogP contribution in [-0.4, -0.2) is 15.3 Å². The van der Waals surface area contributed by atoms with E-state index in [-0.39, 0.29) is 11.4 Å². The van der Waals surface area contributed by atoms with Gasteiger partial charge in [-0.1, -0.05) is 23.7 Å². The zero-order valence-electron chi connectivity index (χ0n) is 12.2. The van der Waals surface area contributed by atoms with E-state index in [0.29, 0.717) is 22.9 Å². The predicted molar refractivity (Wildman–Crippen MR) is 79.9 cm³/mol. The number of halogens is 2. The molecule has 2 aromatic rings. The molecule has 1 aromatic carbocycles. The molecule has 108 valence electrons. The molecule has 0 saturated heterocycles. The van der Waals surface area contributed by atoms with Crippen molar-refractivity contribution in [3.8, 4) is 5.69 Å². The molecule has 0 saturated carbocycles. The molecule has 3 nitrogen and oxygen atoms in total. The summed E-state index contributed by atoms with van der Waals surface area (Å²) in [7, 11) is 0. The van der Waals surface area contributed by atoms with Gasteiger partial charge in [-0.05, 0) is 39.3 Å². The highest BCUT2D eigenvalue weighted by molar-refractivity contribution is 6.31. The van der Waals surface area contributed by atoms with Crippen molar-refractivity contribution in [3.05, 3.63) is 46.5 Å². The second-order valence-electron chi connectivity index (χ2n) is 5.86. The molecule has 0 atom stereocenters. The van der Waals surface area contributed by atoms with Crippen molar-refractivity contribution >= 4 is 11.6 Å².